The number of halogens is 1. The molecule has 0 N–H and O–H groups in total. The van der Waals surface area contributed by atoms with E-state index in [0.29, 0.717) is 28.6 Å². The minimum absolute atomic E-state index is 0.0744. The minimum atomic E-state index is -0.854. The topological polar surface area (TPSA) is 98.9 Å². The fraction of sp³-hybridized carbons (Fsp3) is 0.259. The highest BCUT2D eigenvalue weighted by molar-refractivity contribution is 7.17. The lowest BCUT2D eigenvalue weighted by Crippen LogP contribution is -2.29. The summed E-state index contributed by atoms with van der Waals surface area (Å²) in [7, 11) is 1.28. The van der Waals surface area contributed by atoms with E-state index in [0.717, 1.165) is 24.2 Å². The third-order valence-electron chi connectivity index (χ3n) is 6.13. The van der Waals surface area contributed by atoms with E-state index in [-0.39, 0.29) is 37.7 Å². The van der Waals surface area contributed by atoms with Crippen molar-refractivity contribution in [3.8, 4) is 5.75 Å². The number of esters is 1. The second-order valence-electron chi connectivity index (χ2n) is 8.57. The Labute approximate surface area is 221 Å². The van der Waals surface area contributed by atoms with Gasteiger partial charge in [-0.05, 0) is 49.2 Å². The summed E-state index contributed by atoms with van der Waals surface area (Å²) in [5, 5.41) is 0.895. The molecule has 0 saturated heterocycles. The monoisotopic (exact) mass is 538 g/mol. The number of carbonyl (C=O) groups is 2. The number of fused-ring (bicyclic) bond motifs is 2. The first-order valence-corrected chi connectivity index (χ1v) is 12.9. The highest BCUT2D eigenvalue weighted by Gasteiger charge is 2.45. The lowest BCUT2D eigenvalue weighted by molar-refractivity contribution is 0.0605. The molecule has 4 aromatic rings. The molecule has 1 unspecified atom stereocenters. The number of nitrogens with zero attached hydrogens (tertiary/aromatic N) is 2. The van der Waals surface area contributed by atoms with E-state index < -0.39 is 17.9 Å². The van der Waals surface area contributed by atoms with Gasteiger partial charge in [0.15, 0.2) is 10.6 Å². The maximum atomic E-state index is 13.8. The maximum absolute atomic E-state index is 13.8. The van der Waals surface area contributed by atoms with Gasteiger partial charge in [-0.25, -0.2) is 9.78 Å². The molecule has 1 aliphatic rings. The molecule has 5 rings (SSSR count). The molecule has 8 nitrogen and oxygen atoms in total. The van der Waals surface area contributed by atoms with Gasteiger partial charge in [-0.3, -0.25) is 14.5 Å². The molecule has 0 bridgehead atoms. The summed E-state index contributed by atoms with van der Waals surface area (Å²) in [5.74, 6) is -0.542. The predicted octanol–water partition coefficient (Wildman–Crippen LogP) is 5.93. The van der Waals surface area contributed by atoms with Crippen molar-refractivity contribution >= 4 is 50.9 Å². The van der Waals surface area contributed by atoms with Crippen LogP contribution in [0.4, 0.5) is 5.13 Å². The number of unbranched alkanes of at least 4 members (excludes halogenated alkanes) is 1. The van der Waals surface area contributed by atoms with E-state index >= 15 is 0 Å². The number of hydrogen-bond acceptors (Lipinski definition) is 8. The number of amides is 1. The van der Waals surface area contributed by atoms with Gasteiger partial charge in [-0.1, -0.05) is 48.4 Å². The molecule has 0 aliphatic carbocycles. The van der Waals surface area contributed by atoms with Crippen molar-refractivity contribution in [1.82, 2.24) is 4.98 Å². The Morgan fingerprint density at radius 2 is 2.03 bits per heavy atom. The zero-order chi connectivity index (χ0) is 26.3. The van der Waals surface area contributed by atoms with Gasteiger partial charge in [-0.15, -0.1) is 0 Å². The lowest BCUT2D eigenvalue weighted by atomic mass is 9.98. The summed E-state index contributed by atoms with van der Waals surface area (Å²) in [5.41, 5.74) is 1.13. The fourth-order valence-electron chi connectivity index (χ4n) is 4.33. The molecule has 37 heavy (non-hydrogen) atoms. The highest BCUT2D eigenvalue weighted by atomic mass is 35.5. The average Bonchev–Trinajstić information content (AvgIpc) is 3.41. The quantitative estimate of drug-likeness (QED) is 0.212. The summed E-state index contributed by atoms with van der Waals surface area (Å²) in [4.78, 5) is 46.0. The number of anilines is 1. The van der Waals surface area contributed by atoms with Gasteiger partial charge in [0.25, 0.3) is 5.91 Å². The zero-order valence-electron chi connectivity index (χ0n) is 20.4. The van der Waals surface area contributed by atoms with Crippen molar-refractivity contribution in [1.29, 1.82) is 0 Å². The second-order valence-corrected chi connectivity index (χ2v) is 9.98. The molecule has 10 heteroatoms. The number of ether oxygens (including phenoxy) is 2. The Kier molecular flexibility index (Phi) is 6.74. The van der Waals surface area contributed by atoms with Crippen LogP contribution in [0.1, 0.15) is 62.9 Å². The maximum Gasteiger partial charge on any atom is 0.350 e. The summed E-state index contributed by atoms with van der Waals surface area (Å²) in [6.07, 6.45) is 1.88. The first-order chi connectivity index (χ1) is 17.8. The van der Waals surface area contributed by atoms with Crippen LogP contribution in [-0.2, 0) is 4.74 Å². The molecule has 3 heterocycles. The van der Waals surface area contributed by atoms with Crippen LogP contribution in [-0.4, -0.2) is 30.6 Å². The zero-order valence-corrected chi connectivity index (χ0v) is 21.9. The Hall–Kier alpha value is -3.69. The summed E-state index contributed by atoms with van der Waals surface area (Å²) in [6.45, 7) is 4.29. The molecular formula is C27H23ClN2O6S. The Morgan fingerprint density at radius 3 is 2.78 bits per heavy atom. The highest BCUT2D eigenvalue weighted by Crippen LogP contribution is 2.43. The number of aryl methyl sites for hydroxylation is 1. The Bertz CT molecular complexity index is 1590. The van der Waals surface area contributed by atoms with Crippen molar-refractivity contribution in [2.24, 2.45) is 0 Å². The number of carbonyl (C=O) groups excluding carboxylic acids is 2. The smallest absolute Gasteiger partial charge is 0.350 e. The first kappa shape index (κ1) is 25.0. The molecule has 0 radical (unpaired) electrons. The molecule has 190 valence electrons. The van der Waals surface area contributed by atoms with Crippen LogP contribution in [0.15, 0.2) is 51.7 Å². The van der Waals surface area contributed by atoms with Crippen LogP contribution in [0, 0.1) is 6.92 Å². The number of thiazole rings is 1. The number of aromatic nitrogens is 1. The molecular weight excluding hydrogens is 516 g/mol. The summed E-state index contributed by atoms with van der Waals surface area (Å²) < 4.78 is 16.7. The Morgan fingerprint density at radius 1 is 1.22 bits per heavy atom. The Balaban J connectivity index is 1.72. The fourth-order valence-corrected chi connectivity index (χ4v) is 5.52. The van der Waals surface area contributed by atoms with Crippen LogP contribution in [0.3, 0.4) is 0 Å². The molecule has 1 aliphatic heterocycles. The van der Waals surface area contributed by atoms with Gasteiger partial charge >= 0.3 is 5.97 Å². The number of benzene rings is 2. The molecule has 1 atom stereocenters. The first-order valence-electron chi connectivity index (χ1n) is 11.7. The van der Waals surface area contributed by atoms with Gasteiger partial charge in [-0.2, -0.15) is 0 Å². The van der Waals surface area contributed by atoms with Crippen molar-refractivity contribution in [3.63, 3.8) is 0 Å². The van der Waals surface area contributed by atoms with E-state index in [1.165, 1.54) is 18.1 Å². The van der Waals surface area contributed by atoms with Crippen LogP contribution >= 0.6 is 22.9 Å². The molecule has 2 aromatic carbocycles. The van der Waals surface area contributed by atoms with E-state index in [1.54, 1.807) is 25.1 Å². The number of hydrogen-bond donors (Lipinski definition) is 0. The van der Waals surface area contributed by atoms with Crippen LogP contribution in [0.2, 0.25) is 5.02 Å². The minimum Gasteiger partial charge on any atom is -0.494 e. The van der Waals surface area contributed by atoms with Gasteiger partial charge < -0.3 is 13.9 Å². The molecule has 0 spiro atoms. The second kappa shape index (κ2) is 9.99. The third-order valence-corrected chi connectivity index (χ3v) is 7.51. The van der Waals surface area contributed by atoms with Crippen LogP contribution in [0.5, 0.6) is 5.75 Å². The summed E-state index contributed by atoms with van der Waals surface area (Å²) in [6, 6.07) is 11.1. The standard InChI is InChI=1S/C27H23ClN2O6S/c1-4-5-11-35-17-8-6-7-15(12-17)21-20-22(31)18-13-16(28)9-10-19(18)36-23(20)25(32)30(21)27-29-14(2)24(37-27)26(33)34-3/h6-10,12-13,21H,4-5,11H2,1-3H3. The lowest BCUT2D eigenvalue weighted by Gasteiger charge is -2.23. The van der Waals surface area contributed by atoms with E-state index in [9.17, 15) is 14.4 Å². The number of rotatable bonds is 7. The van der Waals surface area contributed by atoms with E-state index in [4.69, 9.17) is 25.5 Å². The molecule has 0 fully saturated rings. The number of methoxy groups -OCH3 is 1. The van der Waals surface area contributed by atoms with Crippen molar-refractivity contribution in [3.05, 3.63) is 85.2 Å². The largest absolute Gasteiger partial charge is 0.494 e. The van der Waals surface area contributed by atoms with E-state index in [2.05, 4.69) is 11.9 Å². The normalized spacial score (nSPS) is 14.8. The molecule has 1 amide bonds. The van der Waals surface area contributed by atoms with Gasteiger partial charge in [0.2, 0.25) is 5.76 Å². The average molecular weight is 539 g/mol. The van der Waals surface area contributed by atoms with Crippen LogP contribution < -0.4 is 15.1 Å². The van der Waals surface area contributed by atoms with Gasteiger partial charge in [0, 0.05) is 5.02 Å². The van der Waals surface area contributed by atoms with Crippen molar-refractivity contribution < 1.29 is 23.5 Å². The third kappa shape index (κ3) is 4.38. The van der Waals surface area contributed by atoms with Gasteiger partial charge in [0.1, 0.15) is 16.2 Å². The van der Waals surface area contributed by atoms with Crippen LogP contribution in [0.25, 0.3) is 11.0 Å². The summed E-state index contributed by atoms with van der Waals surface area (Å²) >= 11 is 7.19. The van der Waals surface area contributed by atoms with Gasteiger partial charge in [0.05, 0.1) is 36.4 Å². The van der Waals surface area contributed by atoms with E-state index in [1.807, 2.05) is 18.2 Å². The van der Waals surface area contributed by atoms with Crippen molar-refractivity contribution in [2.75, 3.05) is 18.6 Å². The molecule has 2 aromatic heterocycles. The SMILES string of the molecule is CCCCOc1cccc(C2c3c(oc4ccc(Cl)cc4c3=O)C(=O)N2c2nc(C)c(C(=O)OC)s2)c1. The van der Waals surface area contributed by atoms with Crippen molar-refractivity contribution in [2.45, 2.75) is 32.7 Å². The molecule has 0 saturated carbocycles. The predicted molar refractivity (Wildman–Crippen MR) is 141 cm³/mol.